The molecule has 0 bridgehead atoms. The first kappa shape index (κ1) is 16.7. The van der Waals surface area contributed by atoms with Gasteiger partial charge >= 0.3 is 6.36 Å². The highest BCUT2D eigenvalue weighted by atomic mass is 19.4. The fraction of sp³-hybridized carbons (Fsp3) is 0.182. The number of rotatable bonds is 3. The second-order valence-electron chi connectivity index (χ2n) is 6.51. The quantitative estimate of drug-likeness (QED) is 0.556. The zero-order chi connectivity index (χ0) is 18.1. The molecule has 3 aromatic carbocycles. The zero-order valence-corrected chi connectivity index (χ0v) is 13.9. The largest absolute Gasteiger partial charge is 0.573 e. The summed E-state index contributed by atoms with van der Waals surface area (Å²) >= 11 is 0. The van der Waals surface area contributed by atoms with Crippen LogP contribution in [0.1, 0.15) is 34.1 Å². The molecule has 26 heavy (non-hydrogen) atoms. The van der Waals surface area contributed by atoms with E-state index in [9.17, 15) is 13.2 Å². The average Bonchev–Trinajstić information content (AvgIpc) is 3.01. The van der Waals surface area contributed by atoms with Crippen molar-refractivity contribution in [3.05, 3.63) is 101 Å². The van der Waals surface area contributed by atoms with Gasteiger partial charge in [-0.05, 0) is 46.7 Å². The molecule has 0 spiro atoms. The summed E-state index contributed by atoms with van der Waals surface area (Å²) in [6.07, 6.45) is -3.75. The summed E-state index contributed by atoms with van der Waals surface area (Å²) in [7, 11) is 0. The van der Waals surface area contributed by atoms with E-state index in [1.807, 2.05) is 30.3 Å². The van der Waals surface area contributed by atoms with E-state index in [-0.39, 0.29) is 17.6 Å². The standard InChI is InChI=1S/C22H17F3O/c23-22(24,25)26-18-12-10-16(11-13-18)21-19-9-5-4-8-17(19)14-20(21)15-6-2-1-3-7-15/h1-13,20-21H,14H2. The van der Waals surface area contributed by atoms with Gasteiger partial charge in [-0.2, -0.15) is 0 Å². The van der Waals surface area contributed by atoms with Crippen LogP contribution in [0.15, 0.2) is 78.9 Å². The molecule has 0 saturated carbocycles. The second-order valence-corrected chi connectivity index (χ2v) is 6.51. The van der Waals surface area contributed by atoms with E-state index in [1.54, 1.807) is 12.1 Å². The zero-order valence-electron chi connectivity index (χ0n) is 13.9. The molecule has 0 heterocycles. The lowest BCUT2D eigenvalue weighted by molar-refractivity contribution is -0.274. The lowest BCUT2D eigenvalue weighted by Crippen LogP contribution is -2.17. The Morgan fingerprint density at radius 3 is 2.08 bits per heavy atom. The normalized spacial score (nSPS) is 19.2. The van der Waals surface area contributed by atoms with Crippen molar-refractivity contribution in [2.75, 3.05) is 0 Å². The van der Waals surface area contributed by atoms with Crippen LogP contribution in [0.5, 0.6) is 5.75 Å². The molecule has 2 atom stereocenters. The summed E-state index contributed by atoms with van der Waals surface area (Å²) in [6.45, 7) is 0. The molecule has 4 rings (SSSR count). The Bertz CT molecular complexity index is 885. The predicted octanol–water partition coefficient (Wildman–Crippen LogP) is 6.06. The van der Waals surface area contributed by atoms with Gasteiger partial charge < -0.3 is 4.74 Å². The molecule has 1 nitrogen and oxygen atoms in total. The van der Waals surface area contributed by atoms with E-state index in [0.29, 0.717) is 0 Å². The maximum atomic E-state index is 12.4. The van der Waals surface area contributed by atoms with Gasteiger partial charge in [-0.15, -0.1) is 13.2 Å². The highest BCUT2D eigenvalue weighted by molar-refractivity contribution is 5.48. The molecule has 1 aliphatic carbocycles. The maximum absolute atomic E-state index is 12.4. The number of benzene rings is 3. The first-order valence-corrected chi connectivity index (χ1v) is 8.50. The summed E-state index contributed by atoms with van der Waals surface area (Å²) in [4.78, 5) is 0. The molecule has 0 saturated heterocycles. The molecule has 0 radical (unpaired) electrons. The molecule has 0 fully saturated rings. The number of ether oxygens (including phenoxy) is 1. The molecule has 0 aliphatic heterocycles. The minimum Gasteiger partial charge on any atom is -0.406 e. The molecule has 0 N–H and O–H groups in total. The highest BCUT2D eigenvalue weighted by Gasteiger charge is 2.35. The van der Waals surface area contributed by atoms with Crippen LogP contribution < -0.4 is 4.74 Å². The molecule has 3 aromatic rings. The van der Waals surface area contributed by atoms with Crippen molar-refractivity contribution >= 4 is 0 Å². The van der Waals surface area contributed by atoms with Crippen LogP contribution in [0, 0.1) is 0 Å². The third-order valence-corrected chi connectivity index (χ3v) is 4.93. The summed E-state index contributed by atoms with van der Waals surface area (Å²) in [6, 6.07) is 24.8. The van der Waals surface area contributed by atoms with Gasteiger partial charge in [-0.25, -0.2) is 0 Å². The Balaban J connectivity index is 1.71. The van der Waals surface area contributed by atoms with Gasteiger partial charge in [0.25, 0.3) is 0 Å². The Hall–Kier alpha value is -2.75. The third kappa shape index (κ3) is 3.32. The second kappa shape index (κ2) is 6.52. The molecule has 4 heteroatoms. The number of fused-ring (bicyclic) bond motifs is 1. The lowest BCUT2D eigenvalue weighted by atomic mass is 9.82. The van der Waals surface area contributed by atoms with Crippen molar-refractivity contribution in [1.29, 1.82) is 0 Å². The SMILES string of the molecule is FC(F)(F)Oc1ccc(C2c3ccccc3CC2c2ccccc2)cc1. The molecular formula is C22H17F3O. The van der Waals surface area contributed by atoms with Crippen molar-refractivity contribution in [2.45, 2.75) is 24.6 Å². The van der Waals surface area contributed by atoms with E-state index >= 15 is 0 Å². The number of hydrogen-bond donors (Lipinski definition) is 0. The molecule has 2 unspecified atom stereocenters. The summed E-state index contributed by atoms with van der Waals surface area (Å²) in [5, 5.41) is 0. The fourth-order valence-electron chi connectivity index (χ4n) is 3.89. The van der Waals surface area contributed by atoms with Crippen LogP contribution >= 0.6 is 0 Å². The molecule has 132 valence electrons. The molecule has 1 aliphatic rings. The van der Waals surface area contributed by atoms with Crippen molar-refractivity contribution < 1.29 is 17.9 Å². The van der Waals surface area contributed by atoms with Crippen molar-refractivity contribution in [3.63, 3.8) is 0 Å². The van der Waals surface area contributed by atoms with Gasteiger partial charge in [0.1, 0.15) is 5.75 Å². The highest BCUT2D eigenvalue weighted by Crippen LogP contribution is 2.47. The summed E-state index contributed by atoms with van der Waals surface area (Å²) in [5.41, 5.74) is 4.77. The van der Waals surface area contributed by atoms with Crippen LogP contribution in [-0.4, -0.2) is 6.36 Å². The first-order valence-electron chi connectivity index (χ1n) is 8.50. The molecule has 0 amide bonds. The summed E-state index contributed by atoms with van der Waals surface area (Å²) < 4.78 is 41.2. The topological polar surface area (TPSA) is 9.23 Å². The van der Waals surface area contributed by atoms with E-state index in [4.69, 9.17) is 0 Å². The van der Waals surface area contributed by atoms with Crippen LogP contribution in [0.4, 0.5) is 13.2 Å². The Kier molecular flexibility index (Phi) is 4.19. The van der Waals surface area contributed by atoms with Gasteiger partial charge in [0, 0.05) is 5.92 Å². The minimum atomic E-state index is -4.67. The number of halogens is 3. The summed E-state index contributed by atoms with van der Waals surface area (Å²) in [5.74, 6) is 0.195. The first-order chi connectivity index (χ1) is 12.5. The molecule has 0 aromatic heterocycles. The van der Waals surface area contributed by atoms with Crippen LogP contribution in [0.2, 0.25) is 0 Å². The third-order valence-electron chi connectivity index (χ3n) is 4.93. The monoisotopic (exact) mass is 354 g/mol. The predicted molar refractivity (Wildman–Crippen MR) is 94.3 cm³/mol. The smallest absolute Gasteiger partial charge is 0.406 e. The van der Waals surface area contributed by atoms with Crippen LogP contribution in [0.3, 0.4) is 0 Å². The van der Waals surface area contributed by atoms with E-state index in [1.165, 1.54) is 28.8 Å². The van der Waals surface area contributed by atoms with Crippen LogP contribution in [0.25, 0.3) is 0 Å². The van der Waals surface area contributed by atoms with Crippen molar-refractivity contribution in [2.24, 2.45) is 0 Å². The number of alkyl halides is 3. The fourth-order valence-corrected chi connectivity index (χ4v) is 3.89. The van der Waals surface area contributed by atoms with Crippen LogP contribution in [-0.2, 0) is 6.42 Å². The Morgan fingerprint density at radius 1 is 0.731 bits per heavy atom. The van der Waals surface area contributed by atoms with Gasteiger partial charge in [0.2, 0.25) is 0 Å². The van der Waals surface area contributed by atoms with Gasteiger partial charge in [0.15, 0.2) is 0 Å². The number of hydrogen-bond acceptors (Lipinski definition) is 1. The van der Waals surface area contributed by atoms with E-state index < -0.39 is 6.36 Å². The van der Waals surface area contributed by atoms with Gasteiger partial charge in [-0.1, -0.05) is 66.7 Å². The minimum absolute atomic E-state index is 0.119. The van der Waals surface area contributed by atoms with Crippen molar-refractivity contribution in [1.82, 2.24) is 0 Å². The van der Waals surface area contributed by atoms with Crippen molar-refractivity contribution in [3.8, 4) is 5.75 Å². The average molecular weight is 354 g/mol. The van der Waals surface area contributed by atoms with Gasteiger partial charge in [-0.3, -0.25) is 0 Å². The van der Waals surface area contributed by atoms with E-state index in [0.717, 1.165) is 12.0 Å². The Labute approximate surface area is 150 Å². The molecular weight excluding hydrogens is 337 g/mol. The lowest BCUT2D eigenvalue weighted by Gasteiger charge is -2.22. The maximum Gasteiger partial charge on any atom is 0.573 e. The van der Waals surface area contributed by atoms with Gasteiger partial charge in [0.05, 0.1) is 0 Å². The van der Waals surface area contributed by atoms with E-state index in [2.05, 4.69) is 29.0 Å². The Morgan fingerprint density at radius 2 is 1.38 bits per heavy atom.